The van der Waals surface area contributed by atoms with E-state index in [1.165, 1.54) is 17.0 Å². The normalized spacial score (nSPS) is 12.7. The lowest BCUT2D eigenvalue weighted by Crippen LogP contribution is -2.52. The fourth-order valence-corrected chi connectivity index (χ4v) is 5.65. The Balaban J connectivity index is 2.07. The average Bonchev–Trinajstić information content (AvgIpc) is 2.95. The summed E-state index contributed by atoms with van der Waals surface area (Å²) in [6, 6.07) is 20.0. The SMILES string of the molecule is CCOc1ccccc1N(CC(=O)N(Cc1ccc(C)cc1)C(C)C(=O)NC(C)CC)S(=O)(=O)c1ccc(C)cc1. The van der Waals surface area contributed by atoms with E-state index in [-0.39, 0.29) is 29.1 Å². The van der Waals surface area contributed by atoms with Crippen molar-refractivity contribution in [1.29, 1.82) is 0 Å². The Morgan fingerprint density at radius 1 is 0.878 bits per heavy atom. The summed E-state index contributed by atoms with van der Waals surface area (Å²) in [5.41, 5.74) is 3.05. The van der Waals surface area contributed by atoms with Gasteiger partial charge in [0.05, 0.1) is 17.2 Å². The number of anilines is 1. The lowest BCUT2D eigenvalue weighted by atomic mass is 10.1. The molecular formula is C32H41N3O5S. The van der Waals surface area contributed by atoms with E-state index in [1.54, 1.807) is 43.3 Å². The molecule has 0 saturated carbocycles. The van der Waals surface area contributed by atoms with Gasteiger partial charge in [-0.3, -0.25) is 13.9 Å². The van der Waals surface area contributed by atoms with Crippen molar-refractivity contribution in [3.8, 4) is 5.75 Å². The smallest absolute Gasteiger partial charge is 0.264 e. The molecule has 0 aromatic heterocycles. The highest BCUT2D eigenvalue weighted by atomic mass is 32.2. The van der Waals surface area contributed by atoms with Gasteiger partial charge in [-0.15, -0.1) is 0 Å². The van der Waals surface area contributed by atoms with Gasteiger partial charge in [-0.1, -0.05) is 66.6 Å². The van der Waals surface area contributed by atoms with Crippen LogP contribution in [0, 0.1) is 13.8 Å². The number of hydrogen-bond donors (Lipinski definition) is 1. The maximum Gasteiger partial charge on any atom is 0.264 e. The number of carbonyl (C=O) groups excluding carboxylic acids is 2. The van der Waals surface area contributed by atoms with Gasteiger partial charge in [-0.25, -0.2) is 8.42 Å². The molecule has 0 aliphatic heterocycles. The van der Waals surface area contributed by atoms with Crippen LogP contribution in [0.1, 0.15) is 50.8 Å². The summed E-state index contributed by atoms with van der Waals surface area (Å²) >= 11 is 0. The zero-order chi connectivity index (χ0) is 30.2. The number of rotatable bonds is 13. The first-order chi connectivity index (χ1) is 19.5. The van der Waals surface area contributed by atoms with E-state index in [1.807, 2.05) is 58.9 Å². The monoisotopic (exact) mass is 579 g/mol. The molecular weight excluding hydrogens is 538 g/mol. The predicted octanol–water partition coefficient (Wildman–Crippen LogP) is 5.23. The van der Waals surface area contributed by atoms with Crippen LogP contribution in [0.25, 0.3) is 0 Å². The minimum absolute atomic E-state index is 0.0508. The summed E-state index contributed by atoms with van der Waals surface area (Å²) in [7, 11) is -4.18. The third-order valence-corrected chi connectivity index (χ3v) is 8.74. The second-order valence-corrected chi connectivity index (χ2v) is 12.1. The van der Waals surface area contributed by atoms with Crippen molar-refractivity contribution >= 4 is 27.5 Å². The highest BCUT2D eigenvalue weighted by molar-refractivity contribution is 7.92. The average molecular weight is 580 g/mol. The molecule has 0 spiro atoms. The molecule has 0 aliphatic rings. The molecule has 0 saturated heterocycles. The van der Waals surface area contributed by atoms with Crippen LogP contribution in [-0.2, 0) is 26.2 Å². The number of benzene rings is 3. The number of hydrogen-bond acceptors (Lipinski definition) is 5. The quantitative estimate of drug-likeness (QED) is 0.299. The van der Waals surface area contributed by atoms with Crippen molar-refractivity contribution in [2.45, 2.75) is 71.5 Å². The summed E-state index contributed by atoms with van der Waals surface area (Å²) in [5, 5.41) is 2.95. The highest BCUT2D eigenvalue weighted by Crippen LogP contribution is 2.33. The fraction of sp³-hybridized carbons (Fsp3) is 0.375. The van der Waals surface area contributed by atoms with E-state index in [9.17, 15) is 18.0 Å². The standard InChI is InChI=1S/C32H41N3O5S/c1-7-25(5)33-32(37)26(6)34(21-27-17-13-23(3)14-18-27)31(36)22-35(29-11-9-10-12-30(29)40-8-2)41(38,39)28-19-15-24(4)16-20-28/h9-20,25-26H,7-8,21-22H2,1-6H3,(H,33,37). The third kappa shape index (κ3) is 8.10. The Kier molecular flexibility index (Phi) is 10.9. The largest absolute Gasteiger partial charge is 0.492 e. The maximum absolute atomic E-state index is 14.1. The minimum Gasteiger partial charge on any atom is -0.492 e. The Labute approximate surface area is 244 Å². The van der Waals surface area contributed by atoms with Crippen LogP contribution in [0.3, 0.4) is 0 Å². The van der Waals surface area contributed by atoms with E-state index < -0.39 is 28.5 Å². The maximum atomic E-state index is 14.1. The van der Waals surface area contributed by atoms with E-state index in [0.717, 1.165) is 27.4 Å². The molecule has 2 unspecified atom stereocenters. The minimum atomic E-state index is -4.18. The molecule has 2 amide bonds. The summed E-state index contributed by atoms with van der Waals surface area (Å²) in [5.74, 6) is -0.479. The Bertz CT molecular complexity index is 1420. The summed E-state index contributed by atoms with van der Waals surface area (Å²) in [6.45, 7) is 11.1. The first-order valence-corrected chi connectivity index (χ1v) is 15.4. The first kappa shape index (κ1) is 31.7. The Hall–Kier alpha value is -3.85. The lowest BCUT2D eigenvalue weighted by Gasteiger charge is -2.33. The molecule has 3 aromatic rings. The van der Waals surface area contributed by atoms with Crippen LogP contribution in [-0.4, -0.2) is 50.4 Å². The third-order valence-electron chi connectivity index (χ3n) is 6.96. The molecule has 1 N–H and O–H groups in total. The summed E-state index contributed by atoms with van der Waals surface area (Å²) in [6.07, 6.45) is 0.737. The van der Waals surface area contributed by atoms with Gasteiger partial charge in [-0.2, -0.15) is 0 Å². The van der Waals surface area contributed by atoms with Crippen molar-refractivity contribution in [3.63, 3.8) is 0 Å². The van der Waals surface area contributed by atoms with Crippen molar-refractivity contribution in [2.24, 2.45) is 0 Å². The molecule has 3 aromatic carbocycles. The van der Waals surface area contributed by atoms with Gasteiger partial charge in [0.25, 0.3) is 10.0 Å². The number of nitrogens with one attached hydrogen (secondary N) is 1. The molecule has 0 bridgehead atoms. The van der Waals surface area contributed by atoms with Gasteiger partial charge in [0, 0.05) is 12.6 Å². The van der Waals surface area contributed by atoms with Crippen molar-refractivity contribution in [1.82, 2.24) is 10.2 Å². The van der Waals surface area contributed by atoms with E-state index in [2.05, 4.69) is 5.32 Å². The molecule has 8 nitrogen and oxygen atoms in total. The number of carbonyl (C=O) groups is 2. The topological polar surface area (TPSA) is 96.0 Å². The van der Waals surface area contributed by atoms with Gasteiger partial charge in [0.2, 0.25) is 11.8 Å². The molecule has 9 heteroatoms. The summed E-state index contributed by atoms with van der Waals surface area (Å²) in [4.78, 5) is 28.8. The molecule has 0 aliphatic carbocycles. The number of nitrogens with zero attached hydrogens (tertiary/aromatic N) is 2. The van der Waals surface area contributed by atoms with E-state index in [4.69, 9.17) is 4.74 Å². The molecule has 2 atom stereocenters. The van der Waals surface area contributed by atoms with Crippen LogP contribution < -0.4 is 14.4 Å². The van der Waals surface area contributed by atoms with Crippen LogP contribution >= 0.6 is 0 Å². The Morgan fingerprint density at radius 2 is 1.46 bits per heavy atom. The van der Waals surface area contributed by atoms with Gasteiger partial charge >= 0.3 is 0 Å². The number of amides is 2. The highest BCUT2D eigenvalue weighted by Gasteiger charge is 2.34. The number of para-hydroxylation sites is 2. The second-order valence-electron chi connectivity index (χ2n) is 10.2. The zero-order valence-corrected chi connectivity index (χ0v) is 25.6. The molecule has 41 heavy (non-hydrogen) atoms. The molecule has 3 rings (SSSR count). The van der Waals surface area contributed by atoms with Gasteiger partial charge in [-0.05, 0) is 70.9 Å². The molecule has 0 fully saturated rings. The zero-order valence-electron chi connectivity index (χ0n) is 24.8. The lowest BCUT2D eigenvalue weighted by molar-refractivity contribution is -0.139. The van der Waals surface area contributed by atoms with Crippen molar-refractivity contribution in [2.75, 3.05) is 17.5 Å². The Morgan fingerprint density at radius 3 is 2.05 bits per heavy atom. The van der Waals surface area contributed by atoms with Crippen LogP contribution in [0.15, 0.2) is 77.7 Å². The van der Waals surface area contributed by atoms with Gasteiger partial charge < -0.3 is 15.0 Å². The fourth-order valence-electron chi connectivity index (χ4n) is 4.23. The predicted molar refractivity (Wildman–Crippen MR) is 162 cm³/mol. The number of aryl methyl sites for hydroxylation is 2. The second kappa shape index (κ2) is 14.2. The van der Waals surface area contributed by atoms with Crippen molar-refractivity contribution < 1.29 is 22.7 Å². The molecule has 220 valence electrons. The van der Waals surface area contributed by atoms with Crippen LogP contribution in [0.5, 0.6) is 5.75 Å². The van der Waals surface area contributed by atoms with E-state index >= 15 is 0 Å². The van der Waals surface area contributed by atoms with Gasteiger partial charge in [0.1, 0.15) is 18.3 Å². The van der Waals surface area contributed by atoms with Gasteiger partial charge in [0.15, 0.2) is 0 Å². The van der Waals surface area contributed by atoms with E-state index in [0.29, 0.717) is 12.4 Å². The molecule has 0 heterocycles. The summed E-state index contributed by atoms with van der Waals surface area (Å²) < 4.78 is 35.0. The number of sulfonamides is 1. The van der Waals surface area contributed by atoms with Crippen LogP contribution in [0.4, 0.5) is 5.69 Å². The van der Waals surface area contributed by atoms with Crippen LogP contribution in [0.2, 0.25) is 0 Å². The van der Waals surface area contributed by atoms with Crippen molar-refractivity contribution in [3.05, 3.63) is 89.5 Å². The number of ether oxygens (including phenoxy) is 1. The first-order valence-electron chi connectivity index (χ1n) is 13.9. The molecule has 0 radical (unpaired) electrons.